The van der Waals surface area contributed by atoms with Crippen molar-refractivity contribution in [2.75, 3.05) is 11.1 Å². The van der Waals surface area contributed by atoms with E-state index in [9.17, 15) is 9.59 Å². The SMILES string of the molecule is Nc1ccc(NC(=O)c2cc(Cl)sc2Cl)c(C(=O)O)c1. The lowest BCUT2D eigenvalue weighted by Gasteiger charge is -2.08. The normalized spacial score (nSPS) is 10.3. The third-order valence-electron chi connectivity index (χ3n) is 2.42. The van der Waals surface area contributed by atoms with E-state index in [-0.39, 0.29) is 26.8 Å². The molecule has 0 aliphatic carbocycles. The molecule has 0 atom stereocenters. The van der Waals surface area contributed by atoms with Gasteiger partial charge in [-0.1, -0.05) is 23.2 Å². The average Bonchev–Trinajstić information content (AvgIpc) is 2.70. The minimum Gasteiger partial charge on any atom is -0.478 e. The number of amides is 1. The standard InChI is InChI=1S/C12H8Cl2N2O3S/c13-9-4-7(10(14)20-9)11(17)16-8-2-1-5(15)3-6(8)12(18)19/h1-4H,15H2,(H,16,17)(H,18,19). The molecule has 1 aromatic heterocycles. The highest BCUT2D eigenvalue weighted by atomic mass is 35.5. The summed E-state index contributed by atoms with van der Waals surface area (Å²) in [4.78, 5) is 23.1. The quantitative estimate of drug-likeness (QED) is 0.750. The molecule has 0 spiro atoms. The van der Waals surface area contributed by atoms with Gasteiger partial charge in [-0.3, -0.25) is 4.79 Å². The van der Waals surface area contributed by atoms with Crippen molar-refractivity contribution in [1.82, 2.24) is 0 Å². The second-order valence-electron chi connectivity index (χ2n) is 3.80. The first-order chi connectivity index (χ1) is 9.38. The number of hydrogen-bond acceptors (Lipinski definition) is 4. The summed E-state index contributed by atoms with van der Waals surface area (Å²) in [5.41, 5.74) is 6.03. The highest BCUT2D eigenvalue weighted by Gasteiger charge is 2.17. The lowest BCUT2D eigenvalue weighted by molar-refractivity contribution is 0.0698. The van der Waals surface area contributed by atoms with Crippen LogP contribution < -0.4 is 11.1 Å². The average molecular weight is 331 g/mol. The van der Waals surface area contributed by atoms with E-state index in [1.165, 1.54) is 24.3 Å². The number of nitrogens with one attached hydrogen (secondary N) is 1. The van der Waals surface area contributed by atoms with Gasteiger partial charge >= 0.3 is 5.97 Å². The zero-order valence-electron chi connectivity index (χ0n) is 9.81. The Balaban J connectivity index is 2.33. The Morgan fingerprint density at radius 2 is 1.90 bits per heavy atom. The van der Waals surface area contributed by atoms with E-state index in [2.05, 4.69) is 5.32 Å². The summed E-state index contributed by atoms with van der Waals surface area (Å²) in [7, 11) is 0. The summed E-state index contributed by atoms with van der Waals surface area (Å²) < 4.78 is 0.607. The maximum Gasteiger partial charge on any atom is 0.337 e. The van der Waals surface area contributed by atoms with Gasteiger partial charge in [-0.25, -0.2) is 4.79 Å². The van der Waals surface area contributed by atoms with Crippen LogP contribution in [0.15, 0.2) is 24.3 Å². The minimum atomic E-state index is -1.19. The molecule has 4 N–H and O–H groups in total. The molecule has 1 heterocycles. The van der Waals surface area contributed by atoms with Crippen LogP contribution in [0.1, 0.15) is 20.7 Å². The first kappa shape index (κ1) is 14.6. The summed E-state index contributed by atoms with van der Waals surface area (Å²) in [6, 6.07) is 5.59. The molecule has 0 unspecified atom stereocenters. The van der Waals surface area contributed by atoms with Crippen molar-refractivity contribution >= 4 is 57.8 Å². The van der Waals surface area contributed by atoms with E-state index in [0.717, 1.165) is 11.3 Å². The number of nitrogen functional groups attached to an aromatic ring is 1. The molecule has 1 amide bonds. The number of carbonyl (C=O) groups excluding carboxylic acids is 1. The number of halogens is 2. The van der Waals surface area contributed by atoms with Gasteiger partial charge in [0, 0.05) is 5.69 Å². The molecule has 0 aliphatic heterocycles. The van der Waals surface area contributed by atoms with Crippen LogP contribution in [0.25, 0.3) is 0 Å². The van der Waals surface area contributed by atoms with Crippen molar-refractivity contribution in [2.24, 2.45) is 0 Å². The summed E-state index contributed by atoms with van der Waals surface area (Å²) in [6.45, 7) is 0. The van der Waals surface area contributed by atoms with Crippen LogP contribution in [-0.2, 0) is 0 Å². The number of carboxylic acid groups (broad SMARTS) is 1. The first-order valence-electron chi connectivity index (χ1n) is 5.27. The molecule has 5 nitrogen and oxygen atoms in total. The van der Waals surface area contributed by atoms with E-state index >= 15 is 0 Å². The van der Waals surface area contributed by atoms with Crippen LogP contribution in [-0.4, -0.2) is 17.0 Å². The van der Waals surface area contributed by atoms with E-state index < -0.39 is 11.9 Å². The largest absolute Gasteiger partial charge is 0.478 e. The van der Waals surface area contributed by atoms with Gasteiger partial charge in [0.25, 0.3) is 5.91 Å². The van der Waals surface area contributed by atoms with Gasteiger partial charge in [0.2, 0.25) is 0 Å². The van der Waals surface area contributed by atoms with Gasteiger partial charge in [0.05, 0.1) is 21.2 Å². The van der Waals surface area contributed by atoms with Crippen LogP contribution >= 0.6 is 34.5 Å². The fourth-order valence-corrected chi connectivity index (χ4v) is 2.99. The lowest BCUT2D eigenvalue weighted by Crippen LogP contribution is -2.14. The van der Waals surface area contributed by atoms with Gasteiger partial charge in [-0.05, 0) is 24.3 Å². The monoisotopic (exact) mass is 330 g/mol. The highest BCUT2D eigenvalue weighted by Crippen LogP contribution is 2.32. The Kier molecular flexibility index (Phi) is 4.17. The Morgan fingerprint density at radius 3 is 2.45 bits per heavy atom. The van der Waals surface area contributed by atoms with Crippen LogP contribution in [0.2, 0.25) is 8.67 Å². The Hall–Kier alpha value is -1.76. The number of hydrogen-bond donors (Lipinski definition) is 3. The minimum absolute atomic E-state index is 0.101. The maximum atomic E-state index is 12.0. The third-order valence-corrected chi connectivity index (χ3v) is 3.91. The maximum absolute atomic E-state index is 12.0. The van der Waals surface area contributed by atoms with Crippen LogP contribution in [0, 0.1) is 0 Å². The third kappa shape index (κ3) is 3.04. The highest BCUT2D eigenvalue weighted by molar-refractivity contribution is 7.20. The van der Waals surface area contributed by atoms with E-state index in [1.54, 1.807) is 0 Å². The molecular formula is C12H8Cl2N2O3S. The summed E-state index contributed by atoms with van der Waals surface area (Å²) in [5, 5.41) is 11.6. The first-order valence-corrected chi connectivity index (χ1v) is 6.84. The van der Waals surface area contributed by atoms with E-state index in [0.29, 0.717) is 4.34 Å². The fourth-order valence-electron chi connectivity index (χ4n) is 1.53. The molecule has 0 saturated heterocycles. The number of anilines is 2. The lowest BCUT2D eigenvalue weighted by atomic mass is 10.1. The zero-order valence-corrected chi connectivity index (χ0v) is 12.1. The Labute approximate surface area is 127 Å². The molecule has 0 radical (unpaired) electrons. The van der Waals surface area contributed by atoms with Crippen molar-refractivity contribution in [3.05, 3.63) is 44.1 Å². The topological polar surface area (TPSA) is 92.4 Å². The molecule has 0 aliphatic rings. The number of thiophene rings is 1. The van der Waals surface area contributed by atoms with Crippen LogP contribution in [0.3, 0.4) is 0 Å². The number of rotatable bonds is 3. The number of aromatic carboxylic acids is 1. The number of benzene rings is 1. The van der Waals surface area contributed by atoms with Gasteiger partial charge in [-0.15, -0.1) is 11.3 Å². The van der Waals surface area contributed by atoms with Crippen molar-refractivity contribution in [3.63, 3.8) is 0 Å². The Bertz CT molecular complexity index is 700. The van der Waals surface area contributed by atoms with Gasteiger partial charge in [0.1, 0.15) is 4.34 Å². The molecule has 2 rings (SSSR count). The Morgan fingerprint density at radius 1 is 1.20 bits per heavy atom. The summed E-state index contributed by atoms with van der Waals surface area (Å²) >= 11 is 12.7. The molecule has 1 aromatic carbocycles. The zero-order chi connectivity index (χ0) is 14.9. The van der Waals surface area contributed by atoms with E-state index in [4.69, 9.17) is 34.0 Å². The van der Waals surface area contributed by atoms with Crippen LogP contribution in [0.5, 0.6) is 0 Å². The number of nitrogens with two attached hydrogens (primary N) is 1. The number of carboxylic acids is 1. The fraction of sp³-hybridized carbons (Fsp3) is 0. The second-order valence-corrected chi connectivity index (χ2v) is 6.09. The van der Waals surface area contributed by atoms with Crippen molar-refractivity contribution in [2.45, 2.75) is 0 Å². The van der Waals surface area contributed by atoms with Gasteiger partial charge < -0.3 is 16.2 Å². The summed E-state index contributed by atoms with van der Waals surface area (Å²) in [6.07, 6.45) is 0. The molecular weight excluding hydrogens is 323 g/mol. The predicted molar refractivity (Wildman–Crippen MR) is 80.1 cm³/mol. The van der Waals surface area contributed by atoms with Crippen LogP contribution in [0.4, 0.5) is 11.4 Å². The number of carbonyl (C=O) groups is 2. The van der Waals surface area contributed by atoms with Crippen molar-refractivity contribution in [1.29, 1.82) is 0 Å². The molecule has 0 saturated carbocycles. The molecule has 0 fully saturated rings. The van der Waals surface area contributed by atoms with Gasteiger partial charge in [0.15, 0.2) is 0 Å². The van der Waals surface area contributed by atoms with Crippen molar-refractivity contribution in [3.8, 4) is 0 Å². The van der Waals surface area contributed by atoms with E-state index in [1.807, 2.05) is 0 Å². The molecule has 20 heavy (non-hydrogen) atoms. The predicted octanol–water partition coefficient (Wildman–Crippen LogP) is 3.59. The van der Waals surface area contributed by atoms with Gasteiger partial charge in [-0.2, -0.15) is 0 Å². The molecule has 2 aromatic rings. The molecule has 0 bridgehead atoms. The second kappa shape index (κ2) is 5.70. The molecule has 8 heteroatoms. The summed E-state index contributed by atoms with van der Waals surface area (Å²) in [5.74, 6) is -1.73. The smallest absolute Gasteiger partial charge is 0.337 e. The molecule has 104 valence electrons. The van der Waals surface area contributed by atoms with Crippen molar-refractivity contribution < 1.29 is 14.7 Å².